The van der Waals surface area contributed by atoms with Gasteiger partial charge in [-0.25, -0.2) is 9.78 Å². The van der Waals surface area contributed by atoms with Crippen LogP contribution in [-0.2, 0) is 6.54 Å². The molecule has 0 unspecified atom stereocenters. The van der Waals surface area contributed by atoms with Crippen LogP contribution in [0.3, 0.4) is 0 Å². The lowest BCUT2D eigenvalue weighted by Crippen LogP contribution is -2.42. The van der Waals surface area contributed by atoms with Gasteiger partial charge in [-0.15, -0.1) is 0 Å². The molecule has 1 aliphatic carbocycles. The molecule has 6 nitrogen and oxygen atoms in total. The molecule has 0 radical (unpaired) electrons. The van der Waals surface area contributed by atoms with Crippen molar-refractivity contribution in [3.8, 4) is 5.88 Å². The molecule has 0 aromatic carbocycles. The normalized spacial score (nSPS) is 19.5. The summed E-state index contributed by atoms with van der Waals surface area (Å²) in [7, 11) is 0. The number of pyridine rings is 1. The Bertz CT molecular complexity index is 589. The summed E-state index contributed by atoms with van der Waals surface area (Å²) in [4.78, 5) is 21.4. The maximum atomic E-state index is 12.6. The van der Waals surface area contributed by atoms with Crippen LogP contribution < -0.4 is 10.1 Å². The molecule has 2 aliphatic rings. The summed E-state index contributed by atoms with van der Waals surface area (Å²) in [6, 6.07) is 3.84. The van der Waals surface area contributed by atoms with Gasteiger partial charge in [-0.05, 0) is 44.7 Å². The number of carbonyl (C=O) groups is 1. The van der Waals surface area contributed by atoms with Gasteiger partial charge in [-0.1, -0.05) is 25.3 Å². The molecule has 2 heterocycles. The van der Waals surface area contributed by atoms with E-state index in [1.54, 1.807) is 6.20 Å². The van der Waals surface area contributed by atoms with Crippen LogP contribution in [0.4, 0.5) is 4.79 Å². The topological polar surface area (TPSA) is 57.7 Å². The highest BCUT2D eigenvalue weighted by Crippen LogP contribution is 2.24. The predicted octanol–water partition coefficient (Wildman–Crippen LogP) is 3.28. The van der Waals surface area contributed by atoms with Crippen LogP contribution in [-0.4, -0.2) is 60.1 Å². The number of ether oxygens (including phenoxy) is 1. The van der Waals surface area contributed by atoms with Crippen molar-refractivity contribution in [1.82, 2.24) is 20.1 Å². The Balaban J connectivity index is 1.45. The van der Waals surface area contributed by atoms with Crippen LogP contribution in [0.2, 0.25) is 0 Å². The van der Waals surface area contributed by atoms with Crippen LogP contribution >= 0.6 is 0 Å². The van der Waals surface area contributed by atoms with E-state index >= 15 is 0 Å². The fourth-order valence-electron chi connectivity index (χ4n) is 4.20. The van der Waals surface area contributed by atoms with E-state index in [1.165, 1.54) is 38.6 Å². The molecule has 1 N–H and O–H groups in total. The maximum Gasteiger partial charge on any atom is 0.317 e. The Morgan fingerprint density at radius 1 is 1.19 bits per heavy atom. The summed E-state index contributed by atoms with van der Waals surface area (Å²) in [6.45, 7) is 7.90. The van der Waals surface area contributed by atoms with Crippen molar-refractivity contribution in [2.45, 2.75) is 52.0 Å². The number of carbonyl (C=O) groups excluding carboxylic acids is 1. The summed E-state index contributed by atoms with van der Waals surface area (Å²) >= 11 is 0. The first-order chi connectivity index (χ1) is 13.3. The van der Waals surface area contributed by atoms with Crippen molar-refractivity contribution in [3.63, 3.8) is 0 Å². The number of amides is 2. The first kappa shape index (κ1) is 19.9. The Kier molecular flexibility index (Phi) is 7.75. The van der Waals surface area contributed by atoms with Gasteiger partial charge in [0.05, 0.1) is 6.61 Å². The van der Waals surface area contributed by atoms with Gasteiger partial charge < -0.3 is 19.9 Å². The van der Waals surface area contributed by atoms with E-state index in [-0.39, 0.29) is 6.03 Å². The van der Waals surface area contributed by atoms with E-state index in [0.717, 1.165) is 44.1 Å². The number of hydrogen-bond donors (Lipinski definition) is 1. The Morgan fingerprint density at radius 2 is 2.04 bits per heavy atom. The van der Waals surface area contributed by atoms with E-state index in [1.807, 2.05) is 24.0 Å². The quantitative estimate of drug-likeness (QED) is 0.830. The fourth-order valence-corrected chi connectivity index (χ4v) is 4.20. The number of aromatic nitrogens is 1. The first-order valence-electron chi connectivity index (χ1n) is 10.6. The zero-order valence-corrected chi connectivity index (χ0v) is 16.7. The zero-order valence-electron chi connectivity index (χ0n) is 16.7. The highest BCUT2D eigenvalue weighted by atomic mass is 16.5. The highest BCUT2D eigenvalue weighted by molar-refractivity contribution is 5.74. The SMILES string of the molecule is CCOc1ncccc1CNC(=O)N1CCCN(CC2CCCCC2)CC1. The van der Waals surface area contributed by atoms with E-state index in [4.69, 9.17) is 4.74 Å². The molecule has 1 aromatic heterocycles. The van der Waals surface area contributed by atoms with Crippen molar-refractivity contribution in [2.75, 3.05) is 39.3 Å². The van der Waals surface area contributed by atoms with E-state index < -0.39 is 0 Å². The van der Waals surface area contributed by atoms with E-state index in [9.17, 15) is 4.79 Å². The molecule has 27 heavy (non-hydrogen) atoms. The van der Waals surface area contributed by atoms with Gasteiger partial charge in [0.15, 0.2) is 0 Å². The number of urea groups is 1. The molecule has 6 heteroatoms. The largest absolute Gasteiger partial charge is 0.478 e. The Morgan fingerprint density at radius 3 is 2.85 bits per heavy atom. The molecule has 0 atom stereocenters. The van der Waals surface area contributed by atoms with Gasteiger partial charge in [0.25, 0.3) is 0 Å². The molecule has 1 aromatic rings. The molecule has 0 bridgehead atoms. The smallest absolute Gasteiger partial charge is 0.317 e. The van der Waals surface area contributed by atoms with Crippen molar-refractivity contribution in [3.05, 3.63) is 23.9 Å². The molecular formula is C21H34N4O2. The minimum atomic E-state index is 0.0146. The average Bonchev–Trinajstić information content (AvgIpc) is 2.94. The Hall–Kier alpha value is -1.82. The van der Waals surface area contributed by atoms with Gasteiger partial charge in [0.2, 0.25) is 5.88 Å². The number of nitrogens with one attached hydrogen (secondary N) is 1. The summed E-state index contributed by atoms with van der Waals surface area (Å²) in [5.74, 6) is 1.47. The second kappa shape index (κ2) is 10.5. The van der Waals surface area contributed by atoms with Crippen LogP contribution in [0.5, 0.6) is 5.88 Å². The van der Waals surface area contributed by atoms with Crippen molar-refractivity contribution in [1.29, 1.82) is 0 Å². The van der Waals surface area contributed by atoms with Gasteiger partial charge in [0, 0.05) is 44.5 Å². The molecule has 2 fully saturated rings. The lowest BCUT2D eigenvalue weighted by molar-refractivity contribution is 0.189. The summed E-state index contributed by atoms with van der Waals surface area (Å²) < 4.78 is 5.54. The third-order valence-electron chi connectivity index (χ3n) is 5.68. The monoisotopic (exact) mass is 374 g/mol. The van der Waals surface area contributed by atoms with Gasteiger partial charge in [-0.3, -0.25) is 0 Å². The molecule has 150 valence electrons. The van der Waals surface area contributed by atoms with Crippen LogP contribution in [0, 0.1) is 5.92 Å². The van der Waals surface area contributed by atoms with Gasteiger partial charge in [0.1, 0.15) is 0 Å². The number of rotatable bonds is 6. The minimum Gasteiger partial charge on any atom is -0.478 e. The molecule has 3 rings (SSSR count). The lowest BCUT2D eigenvalue weighted by Gasteiger charge is -2.28. The van der Waals surface area contributed by atoms with Gasteiger partial charge in [-0.2, -0.15) is 0 Å². The van der Waals surface area contributed by atoms with Crippen LogP contribution in [0.1, 0.15) is 51.0 Å². The highest BCUT2D eigenvalue weighted by Gasteiger charge is 2.22. The van der Waals surface area contributed by atoms with Crippen LogP contribution in [0.15, 0.2) is 18.3 Å². The number of hydrogen-bond acceptors (Lipinski definition) is 4. The van der Waals surface area contributed by atoms with Crippen molar-refractivity contribution < 1.29 is 9.53 Å². The standard InChI is InChI=1S/C21H34N4O2/c1-2-27-20-19(10-6-11-22-20)16-23-21(26)25-13-7-12-24(14-15-25)17-18-8-4-3-5-9-18/h6,10-11,18H,2-5,7-9,12-17H2,1H3,(H,23,26). The van der Waals surface area contributed by atoms with E-state index in [0.29, 0.717) is 19.0 Å². The second-order valence-corrected chi connectivity index (χ2v) is 7.70. The fraction of sp³-hybridized carbons (Fsp3) is 0.714. The second-order valence-electron chi connectivity index (χ2n) is 7.70. The first-order valence-corrected chi connectivity index (χ1v) is 10.6. The third-order valence-corrected chi connectivity index (χ3v) is 5.68. The summed E-state index contributed by atoms with van der Waals surface area (Å²) in [5, 5.41) is 3.04. The summed E-state index contributed by atoms with van der Waals surface area (Å²) in [6.07, 6.45) is 9.73. The van der Waals surface area contributed by atoms with Crippen LogP contribution in [0.25, 0.3) is 0 Å². The Labute approximate surface area is 163 Å². The van der Waals surface area contributed by atoms with Gasteiger partial charge >= 0.3 is 6.03 Å². The average molecular weight is 375 g/mol. The van der Waals surface area contributed by atoms with Crippen molar-refractivity contribution in [2.24, 2.45) is 5.92 Å². The molecule has 0 spiro atoms. The van der Waals surface area contributed by atoms with Crippen molar-refractivity contribution >= 4 is 6.03 Å². The minimum absolute atomic E-state index is 0.0146. The molecular weight excluding hydrogens is 340 g/mol. The molecule has 1 aliphatic heterocycles. The van der Waals surface area contributed by atoms with E-state index in [2.05, 4.69) is 15.2 Å². The maximum absolute atomic E-state index is 12.6. The predicted molar refractivity (Wildman–Crippen MR) is 107 cm³/mol. The third kappa shape index (κ3) is 6.09. The molecule has 2 amide bonds. The lowest BCUT2D eigenvalue weighted by atomic mass is 9.89. The molecule has 1 saturated carbocycles. The zero-order chi connectivity index (χ0) is 18.9. The summed E-state index contributed by atoms with van der Waals surface area (Å²) in [5.41, 5.74) is 0.918. The number of nitrogens with zero attached hydrogens (tertiary/aromatic N) is 3. The molecule has 1 saturated heterocycles.